The second kappa shape index (κ2) is 6.91. The molecule has 0 aliphatic carbocycles. The lowest BCUT2D eigenvalue weighted by molar-refractivity contribution is 0.0338. The summed E-state index contributed by atoms with van der Waals surface area (Å²) in [5.74, 6) is 0.675. The smallest absolute Gasteiger partial charge is 0.0703 e. The fourth-order valence-electron chi connectivity index (χ4n) is 3.54. The van der Waals surface area contributed by atoms with Crippen molar-refractivity contribution in [2.45, 2.75) is 44.9 Å². The largest absolute Gasteiger partial charge is 0.377 e. The molecule has 21 heavy (non-hydrogen) atoms. The topological polar surface area (TPSA) is 24.5 Å². The Labute approximate surface area is 128 Å². The van der Waals surface area contributed by atoms with Crippen LogP contribution in [0.3, 0.4) is 0 Å². The van der Waals surface area contributed by atoms with Crippen molar-refractivity contribution in [2.75, 3.05) is 26.2 Å². The van der Waals surface area contributed by atoms with Gasteiger partial charge in [0.25, 0.3) is 0 Å². The van der Waals surface area contributed by atoms with Crippen LogP contribution >= 0.6 is 0 Å². The van der Waals surface area contributed by atoms with Gasteiger partial charge in [0.1, 0.15) is 0 Å². The van der Waals surface area contributed by atoms with E-state index in [4.69, 9.17) is 4.74 Å². The molecule has 116 valence electrons. The summed E-state index contributed by atoms with van der Waals surface area (Å²) in [6.07, 6.45) is 2.88. The molecule has 0 spiro atoms. The molecular weight excluding hydrogens is 260 g/mol. The molecule has 0 radical (unpaired) electrons. The van der Waals surface area contributed by atoms with E-state index in [9.17, 15) is 0 Å². The first-order valence-corrected chi connectivity index (χ1v) is 8.38. The van der Waals surface area contributed by atoms with Crippen molar-refractivity contribution >= 4 is 0 Å². The molecule has 3 rings (SSSR count). The average molecular weight is 288 g/mol. The molecule has 0 aromatic heterocycles. The second-order valence-electron chi connectivity index (χ2n) is 6.77. The molecule has 1 aromatic rings. The molecule has 2 aliphatic heterocycles. The molecule has 0 saturated carbocycles. The van der Waals surface area contributed by atoms with Gasteiger partial charge in [0.15, 0.2) is 0 Å². The zero-order valence-corrected chi connectivity index (χ0v) is 13.3. The Balaban J connectivity index is 1.73. The summed E-state index contributed by atoms with van der Waals surface area (Å²) in [4.78, 5) is 2.65. The highest BCUT2D eigenvalue weighted by Gasteiger charge is 2.32. The van der Waals surface area contributed by atoms with Crippen molar-refractivity contribution in [2.24, 2.45) is 5.92 Å². The first-order chi connectivity index (χ1) is 10.2. The average Bonchev–Trinajstić information content (AvgIpc) is 3.01. The molecule has 2 aliphatic rings. The first-order valence-electron chi connectivity index (χ1n) is 8.38. The Bertz CT molecular complexity index is 426. The van der Waals surface area contributed by atoms with Crippen LogP contribution < -0.4 is 5.32 Å². The third-order valence-electron chi connectivity index (χ3n) is 4.90. The van der Waals surface area contributed by atoms with E-state index < -0.39 is 0 Å². The van der Waals surface area contributed by atoms with Crippen LogP contribution in [0.4, 0.5) is 0 Å². The molecule has 3 heteroatoms. The van der Waals surface area contributed by atoms with E-state index in [0.29, 0.717) is 24.1 Å². The van der Waals surface area contributed by atoms with Gasteiger partial charge in [0, 0.05) is 38.3 Å². The first kappa shape index (κ1) is 15.0. The minimum Gasteiger partial charge on any atom is -0.377 e. The predicted octanol–water partition coefficient (Wildman–Crippen LogP) is 2.84. The highest BCUT2D eigenvalue weighted by atomic mass is 16.5. The van der Waals surface area contributed by atoms with Gasteiger partial charge in [-0.1, -0.05) is 44.2 Å². The molecule has 2 saturated heterocycles. The molecule has 1 aromatic carbocycles. The van der Waals surface area contributed by atoms with E-state index in [2.05, 4.69) is 54.4 Å². The van der Waals surface area contributed by atoms with Crippen molar-refractivity contribution in [3.63, 3.8) is 0 Å². The van der Waals surface area contributed by atoms with Crippen LogP contribution in [0, 0.1) is 5.92 Å². The van der Waals surface area contributed by atoms with E-state index in [-0.39, 0.29) is 0 Å². The maximum Gasteiger partial charge on any atom is 0.0703 e. The lowest BCUT2D eigenvalue weighted by Gasteiger charge is -2.43. The fourth-order valence-corrected chi connectivity index (χ4v) is 3.54. The van der Waals surface area contributed by atoms with Gasteiger partial charge in [-0.2, -0.15) is 0 Å². The van der Waals surface area contributed by atoms with Crippen LogP contribution in [0.15, 0.2) is 30.3 Å². The molecule has 3 nitrogen and oxygen atoms in total. The summed E-state index contributed by atoms with van der Waals surface area (Å²) >= 11 is 0. The van der Waals surface area contributed by atoms with E-state index in [1.807, 2.05) is 0 Å². The zero-order chi connectivity index (χ0) is 14.7. The lowest BCUT2D eigenvalue weighted by atomic mass is 9.95. The van der Waals surface area contributed by atoms with Crippen LogP contribution in [0.2, 0.25) is 0 Å². The summed E-state index contributed by atoms with van der Waals surface area (Å²) in [5.41, 5.74) is 1.42. The fraction of sp³-hybridized carbons (Fsp3) is 0.667. The Morgan fingerprint density at radius 1 is 1.29 bits per heavy atom. The number of ether oxygens (including phenoxy) is 1. The second-order valence-corrected chi connectivity index (χ2v) is 6.77. The normalized spacial score (nSPS) is 30.9. The number of hydrogen-bond donors (Lipinski definition) is 1. The SMILES string of the molecule is CC(C)C1CN(CC2CCCO2)C(c2ccccc2)CN1. The van der Waals surface area contributed by atoms with Crippen LogP contribution in [-0.4, -0.2) is 43.3 Å². The number of hydrogen-bond acceptors (Lipinski definition) is 3. The number of benzene rings is 1. The summed E-state index contributed by atoms with van der Waals surface area (Å²) < 4.78 is 5.87. The van der Waals surface area contributed by atoms with E-state index in [1.165, 1.54) is 18.4 Å². The van der Waals surface area contributed by atoms with Crippen molar-refractivity contribution in [3.8, 4) is 0 Å². The van der Waals surface area contributed by atoms with Crippen molar-refractivity contribution in [1.29, 1.82) is 0 Å². The van der Waals surface area contributed by atoms with Crippen LogP contribution in [0.5, 0.6) is 0 Å². The van der Waals surface area contributed by atoms with Crippen LogP contribution in [0.25, 0.3) is 0 Å². The van der Waals surface area contributed by atoms with Crippen molar-refractivity contribution in [3.05, 3.63) is 35.9 Å². The molecule has 1 N–H and O–H groups in total. The maximum atomic E-state index is 5.87. The van der Waals surface area contributed by atoms with Crippen LogP contribution in [-0.2, 0) is 4.74 Å². The third kappa shape index (κ3) is 3.65. The highest BCUT2D eigenvalue weighted by Crippen LogP contribution is 2.27. The van der Waals surface area contributed by atoms with Gasteiger partial charge in [-0.15, -0.1) is 0 Å². The lowest BCUT2D eigenvalue weighted by Crippen LogP contribution is -2.55. The molecular formula is C18H28N2O. The summed E-state index contributed by atoms with van der Waals surface area (Å²) in [7, 11) is 0. The van der Waals surface area contributed by atoms with Crippen molar-refractivity contribution in [1.82, 2.24) is 10.2 Å². The maximum absolute atomic E-state index is 5.87. The molecule has 2 fully saturated rings. The molecule has 0 amide bonds. The van der Waals surface area contributed by atoms with Crippen LogP contribution in [0.1, 0.15) is 38.3 Å². The Hall–Kier alpha value is -0.900. The zero-order valence-electron chi connectivity index (χ0n) is 13.3. The van der Waals surface area contributed by atoms with Gasteiger partial charge in [0.2, 0.25) is 0 Å². The monoisotopic (exact) mass is 288 g/mol. The molecule has 3 atom stereocenters. The van der Waals surface area contributed by atoms with E-state index in [1.54, 1.807) is 0 Å². The number of nitrogens with one attached hydrogen (secondary N) is 1. The van der Waals surface area contributed by atoms with Gasteiger partial charge in [-0.05, 0) is 24.3 Å². The van der Waals surface area contributed by atoms with Crippen molar-refractivity contribution < 1.29 is 4.74 Å². The van der Waals surface area contributed by atoms with E-state index in [0.717, 1.165) is 26.2 Å². The predicted molar refractivity (Wildman–Crippen MR) is 86.4 cm³/mol. The summed E-state index contributed by atoms with van der Waals surface area (Å²) in [6, 6.07) is 12.0. The highest BCUT2D eigenvalue weighted by molar-refractivity contribution is 5.20. The van der Waals surface area contributed by atoms with Gasteiger partial charge < -0.3 is 10.1 Å². The van der Waals surface area contributed by atoms with Gasteiger partial charge in [0.05, 0.1) is 6.10 Å². The molecule has 0 bridgehead atoms. The Morgan fingerprint density at radius 2 is 2.10 bits per heavy atom. The molecule has 2 heterocycles. The number of piperazine rings is 1. The van der Waals surface area contributed by atoms with Gasteiger partial charge >= 0.3 is 0 Å². The number of nitrogens with zero attached hydrogens (tertiary/aromatic N) is 1. The Kier molecular flexibility index (Phi) is 4.94. The minimum absolute atomic E-state index is 0.433. The number of rotatable bonds is 4. The summed E-state index contributed by atoms with van der Waals surface area (Å²) in [6.45, 7) is 8.80. The minimum atomic E-state index is 0.433. The molecule has 3 unspecified atom stereocenters. The van der Waals surface area contributed by atoms with Gasteiger partial charge in [-0.3, -0.25) is 4.90 Å². The third-order valence-corrected chi connectivity index (χ3v) is 4.90. The van der Waals surface area contributed by atoms with E-state index >= 15 is 0 Å². The Morgan fingerprint density at radius 3 is 2.76 bits per heavy atom. The summed E-state index contributed by atoms with van der Waals surface area (Å²) in [5, 5.41) is 3.74. The van der Waals surface area contributed by atoms with Gasteiger partial charge in [-0.25, -0.2) is 0 Å². The quantitative estimate of drug-likeness (QED) is 0.922. The standard InChI is InChI=1S/C18H28N2O/c1-14(2)17-13-20(12-16-9-6-10-21-16)18(11-19-17)15-7-4-3-5-8-15/h3-5,7-8,14,16-19H,6,9-13H2,1-2H3.